The normalized spacial score (nSPS) is 26.5. The summed E-state index contributed by atoms with van der Waals surface area (Å²) in [5.41, 5.74) is 1.56. The Hall–Kier alpha value is -1.66. The minimum Gasteiger partial charge on any atom is -0.318 e. The lowest BCUT2D eigenvalue weighted by Crippen LogP contribution is -2.48. The average molecular weight is 357 g/mol. The van der Waals surface area contributed by atoms with Crippen molar-refractivity contribution in [3.05, 3.63) is 35.9 Å². The number of nitrogens with one attached hydrogen (secondary N) is 2. The van der Waals surface area contributed by atoms with Gasteiger partial charge in [0.05, 0.1) is 18.8 Å². The molecule has 2 aliphatic heterocycles. The first-order valence-corrected chi connectivity index (χ1v) is 9.70. The van der Waals surface area contributed by atoms with Crippen molar-refractivity contribution < 1.29 is 0 Å². The molecule has 0 saturated carbocycles. The minimum atomic E-state index is 0.0896. The summed E-state index contributed by atoms with van der Waals surface area (Å²) in [4.78, 5) is 9.58. The number of hydrogen-bond acceptors (Lipinski definition) is 4. The van der Waals surface area contributed by atoms with E-state index in [0.717, 1.165) is 19.8 Å². The van der Waals surface area contributed by atoms with Crippen molar-refractivity contribution >= 4 is 0 Å². The van der Waals surface area contributed by atoms with Crippen LogP contribution in [0.2, 0.25) is 0 Å². The van der Waals surface area contributed by atoms with E-state index in [1.54, 1.807) is 0 Å². The predicted molar refractivity (Wildman–Crippen MR) is 103 cm³/mol. The second-order valence-corrected chi connectivity index (χ2v) is 9.86. The fraction of sp³-hybridized carbons (Fsp3) is 0.700. The van der Waals surface area contributed by atoms with E-state index in [-0.39, 0.29) is 22.9 Å². The first-order valence-electron chi connectivity index (χ1n) is 9.70. The highest BCUT2D eigenvalue weighted by Crippen LogP contribution is 2.41. The zero-order valence-corrected chi connectivity index (χ0v) is 16.9. The minimum absolute atomic E-state index is 0.0896. The van der Waals surface area contributed by atoms with E-state index >= 15 is 0 Å². The summed E-state index contributed by atoms with van der Waals surface area (Å²) in [6.45, 7) is 16.4. The van der Waals surface area contributed by atoms with E-state index < -0.39 is 0 Å². The Morgan fingerprint density at radius 2 is 1.81 bits per heavy atom. The molecule has 0 amide bonds. The Morgan fingerprint density at radius 1 is 1.04 bits per heavy atom. The Morgan fingerprint density at radius 3 is 2.50 bits per heavy atom. The third-order valence-corrected chi connectivity index (χ3v) is 5.89. The highest BCUT2D eigenvalue weighted by atomic mass is 15.3. The molecule has 4 heterocycles. The van der Waals surface area contributed by atoms with Gasteiger partial charge in [-0.15, -0.1) is 0 Å². The highest BCUT2D eigenvalue weighted by Gasteiger charge is 2.40. The van der Waals surface area contributed by atoms with Crippen LogP contribution in [-0.4, -0.2) is 32.2 Å². The Labute approximate surface area is 156 Å². The monoisotopic (exact) mass is 356 g/mol. The molecule has 0 aliphatic carbocycles. The summed E-state index contributed by atoms with van der Waals surface area (Å²) in [5.74, 6) is 3.07. The van der Waals surface area contributed by atoms with E-state index in [4.69, 9.17) is 9.97 Å². The van der Waals surface area contributed by atoms with Crippen LogP contribution in [0.3, 0.4) is 0 Å². The van der Waals surface area contributed by atoms with E-state index in [1.165, 1.54) is 17.3 Å². The van der Waals surface area contributed by atoms with Gasteiger partial charge in [0.25, 0.3) is 0 Å². The summed E-state index contributed by atoms with van der Waals surface area (Å²) in [7, 11) is 0. The van der Waals surface area contributed by atoms with Crippen LogP contribution >= 0.6 is 0 Å². The second-order valence-electron chi connectivity index (χ2n) is 9.86. The average Bonchev–Trinajstić information content (AvgIpc) is 3.18. The third-order valence-electron chi connectivity index (χ3n) is 5.89. The molecule has 4 rings (SSSR count). The fourth-order valence-electron chi connectivity index (χ4n) is 4.41. The molecule has 0 saturated heterocycles. The standard InChI is InChI=1S/C20H32N6/c1-19(2,3)14-10-23-16(25-8-7-22-18(14)25)13-9-21-12-26-15(20(4,5)6)11-24-17(13)26/h7-8,11,13-14,16,21,23H,9-10,12H2,1-6H3. The molecular formula is C20H32N6. The maximum absolute atomic E-state index is 4.85. The van der Waals surface area contributed by atoms with Gasteiger partial charge in [-0.1, -0.05) is 41.5 Å². The van der Waals surface area contributed by atoms with Gasteiger partial charge in [0, 0.05) is 48.7 Å². The van der Waals surface area contributed by atoms with E-state index in [9.17, 15) is 0 Å². The van der Waals surface area contributed by atoms with Crippen molar-refractivity contribution in [1.82, 2.24) is 29.7 Å². The third kappa shape index (κ3) is 2.79. The molecule has 3 atom stereocenters. The predicted octanol–water partition coefficient (Wildman–Crippen LogP) is 2.95. The quantitative estimate of drug-likeness (QED) is 0.825. The van der Waals surface area contributed by atoms with Crippen LogP contribution in [0, 0.1) is 5.41 Å². The Bertz CT molecular complexity index is 788. The van der Waals surface area contributed by atoms with Gasteiger partial charge in [0.15, 0.2) is 0 Å². The van der Waals surface area contributed by atoms with Crippen LogP contribution < -0.4 is 10.6 Å². The van der Waals surface area contributed by atoms with Gasteiger partial charge >= 0.3 is 0 Å². The smallest absolute Gasteiger partial charge is 0.117 e. The van der Waals surface area contributed by atoms with E-state index in [0.29, 0.717) is 5.92 Å². The van der Waals surface area contributed by atoms with Crippen LogP contribution in [0.15, 0.2) is 18.6 Å². The largest absolute Gasteiger partial charge is 0.318 e. The molecule has 0 aromatic carbocycles. The van der Waals surface area contributed by atoms with Crippen LogP contribution in [0.25, 0.3) is 0 Å². The fourth-order valence-corrected chi connectivity index (χ4v) is 4.41. The summed E-state index contributed by atoms with van der Waals surface area (Å²) < 4.78 is 4.70. The molecule has 0 bridgehead atoms. The van der Waals surface area contributed by atoms with Crippen LogP contribution in [0.4, 0.5) is 0 Å². The molecule has 2 aromatic rings. The van der Waals surface area contributed by atoms with Crippen molar-refractivity contribution in [3.8, 4) is 0 Å². The second kappa shape index (κ2) is 5.92. The van der Waals surface area contributed by atoms with Crippen molar-refractivity contribution in [2.24, 2.45) is 5.41 Å². The maximum atomic E-state index is 4.85. The lowest BCUT2D eigenvalue weighted by molar-refractivity contribution is 0.193. The SMILES string of the molecule is CC(C)(C)c1cnc2n1CNCC2C1NCC(C(C)(C)C)c2nccn21. The van der Waals surface area contributed by atoms with Crippen LogP contribution in [0.5, 0.6) is 0 Å². The van der Waals surface area contributed by atoms with Crippen molar-refractivity contribution in [2.75, 3.05) is 13.1 Å². The highest BCUT2D eigenvalue weighted by molar-refractivity contribution is 5.21. The lowest BCUT2D eigenvalue weighted by Gasteiger charge is -2.42. The zero-order chi connectivity index (χ0) is 18.7. The van der Waals surface area contributed by atoms with Gasteiger partial charge in [0.1, 0.15) is 11.6 Å². The molecule has 142 valence electrons. The number of fused-ring (bicyclic) bond motifs is 2. The number of imidazole rings is 2. The first-order chi connectivity index (χ1) is 12.2. The van der Waals surface area contributed by atoms with Crippen LogP contribution in [-0.2, 0) is 12.1 Å². The van der Waals surface area contributed by atoms with Gasteiger partial charge in [-0.3, -0.25) is 10.6 Å². The van der Waals surface area contributed by atoms with Crippen LogP contribution in [0.1, 0.15) is 76.9 Å². The Balaban J connectivity index is 1.72. The molecule has 2 aliphatic rings. The molecule has 0 radical (unpaired) electrons. The van der Waals surface area contributed by atoms with Gasteiger partial charge in [-0.05, 0) is 5.41 Å². The summed E-state index contributed by atoms with van der Waals surface area (Å²) >= 11 is 0. The van der Waals surface area contributed by atoms with Gasteiger partial charge in [-0.25, -0.2) is 9.97 Å². The Kier molecular flexibility index (Phi) is 4.04. The molecule has 2 N–H and O–H groups in total. The molecule has 6 heteroatoms. The van der Waals surface area contributed by atoms with Gasteiger partial charge in [-0.2, -0.15) is 0 Å². The number of aromatic nitrogens is 4. The molecular weight excluding hydrogens is 324 g/mol. The molecule has 6 nitrogen and oxygen atoms in total. The van der Waals surface area contributed by atoms with Gasteiger partial charge in [0.2, 0.25) is 0 Å². The number of rotatable bonds is 1. The summed E-state index contributed by atoms with van der Waals surface area (Å²) in [6, 6.07) is 0. The van der Waals surface area contributed by atoms with Crippen molar-refractivity contribution in [1.29, 1.82) is 0 Å². The molecule has 0 spiro atoms. The zero-order valence-electron chi connectivity index (χ0n) is 16.9. The molecule has 3 unspecified atom stereocenters. The molecule has 26 heavy (non-hydrogen) atoms. The lowest BCUT2D eigenvalue weighted by atomic mass is 9.78. The van der Waals surface area contributed by atoms with Crippen molar-refractivity contribution in [2.45, 2.75) is 71.6 Å². The van der Waals surface area contributed by atoms with Crippen molar-refractivity contribution in [3.63, 3.8) is 0 Å². The maximum Gasteiger partial charge on any atom is 0.117 e. The van der Waals surface area contributed by atoms with E-state index in [2.05, 4.69) is 73.7 Å². The number of hydrogen-bond donors (Lipinski definition) is 2. The molecule has 0 fully saturated rings. The first kappa shape index (κ1) is 17.7. The number of nitrogens with zero attached hydrogens (tertiary/aromatic N) is 4. The van der Waals surface area contributed by atoms with E-state index in [1.807, 2.05) is 6.20 Å². The molecule has 2 aromatic heterocycles. The topological polar surface area (TPSA) is 59.7 Å². The summed E-state index contributed by atoms with van der Waals surface area (Å²) in [5, 5.41) is 7.41. The van der Waals surface area contributed by atoms with Gasteiger partial charge < -0.3 is 9.13 Å². The summed E-state index contributed by atoms with van der Waals surface area (Å²) in [6.07, 6.45) is 6.31.